The Labute approximate surface area is 106 Å². The highest BCUT2D eigenvalue weighted by Crippen LogP contribution is 2.19. The number of aliphatic hydroxyl groups is 5. The van der Waals surface area contributed by atoms with E-state index in [2.05, 4.69) is 0 Å². The Bertz CT molecular complexity index is 183. The lowest BCUT2D eigenvalue weighted by atomic mass is 9.98. The minimum absolute atomic E-state index is 0.164. The van der Waals surface area contributed by atoms with Crippen LogP contribution in [-0.2, 0) is 0 Å². The third kappa shape index (κ3) is 4.36. The maximum absolute atomic E-state index is 9.35. The Kier molecular flexibility index (Phi) is 9.15. The summed E-state index contributed by atoms with van der Waals surface area (Å²) in [6, 6.07) is -0.330. The molecule has 0 aromatic carbocycles. The maximum Gasteiger partial charge on any atom is 0.0910 e. The molecule has 0 heterocycles. The lowest BCUT2D eigenvalue weighted by Gasteiger charge is -2.44. The van der Waals surface area contributed by atoms with Crippen molar-refractivity contribution in [2.75, 3.05) is 51.6 Å². The molecule has 0 aliphatic heterocycles. The molecular formula is C10H23NO5S. The van der Waals surface area contributed by atoms with Gasteiger partial charge in [0.05, 0.1) is 38.6 Å². The lowest BCUT2D eigenvalue weighted by molar-refractivity contribution is -0.0773. The number of rotatable bonds is 10. The Balaban J connectivity index is 4.99. The van der Waals surface area contributed by atoms with Crippen molar-refractivity contribution in [3.63, 3.8) is 0 Å². The minimum atomic E-state index is -1.22. The molecular weight excluding hydrogens is 246 g/mol. The molecule has 1 unspecified atom stereocenters. The number of hydrogen-bond donors (Lipinski definition) is 5. The predicted molar refractivity (Wildman–Crippen MR) is 67.0 cm³/mol. The molecule has 0 spiro atoms. The average molecular weight is 269 g/mol. The highest BCUT2D eigenvalue weighted by Gasteiger charge is 2.38. The summed E-state index contributed by atoms with van der Waals surface area (Å²) in [6.07, 6.45) is 1.87. The van der Waals surface area contributed by atoms with E-state index in [-0.39, 0.29) is 25.8 Å². The molecule has 0 saturated carbocycles. The first-order chi connectivity index (χ1) is 8.15. The van der Waals surface area contributed by atoms with E-state index in [0.29, 0.717) is 5.75 Å². The van der Waals surface area contributed by atoms with Crippen LogP contribution >= 0.6 is 11.8 Å². The summed E-state index contributed by atoms with van der Waals surface area (Å²) < 4.78 is 0. The second-order valence-corrected chi connectivity index (χ2v) is 4.82. The summed E-state index contributed by atoms with van der Waals surface area (Å²) in [5.41, 5.74) is -1.22. The lowest BCUT2D eigenvalue weighted by Crippen LogP contribution is -2.62. The molecule has 0 aromatic heterocycles. The van der Waals surface area contributed by atoms with Gasteiger partial charge in [-0.25, -0.2) is 0 Å². The summed E-state index contributed by atoms with van der Waals surface area (Å²) in [5, 5.41) is 46.4. The van der Waals surface area contributed by atoms with E-state index in [0.717, 1.165) is 0 Å². The van der Waals surface area contributed by atoms with Crippen molar-refractivity contribution in [1.82, 2.24) is 4.90 Å². The number of hydrogen-bond acceptors (Lipinski definition) is 7. The van der Waals surface area contributed by atoms with Gasteiger partial charge in [0, 0.05) is 18.3 Å². The van der Waals surface area contributed by atoms with Gasteiger partial charge in [0.25, 0.3) is 0 Å². The fourth-order valence-electron chi connectivity index (χ4n) is 1.77. The van der Waals surface area contributed by atoms with Gasteiger partial charge in [-0.15, -0.1) is 0 Å². The highest BCUT2D eigenvalue weighted by molar-refractivity contribution is 7.98. The normalized spacial score (nSPS) is 14.3. The standard InChI is InChI=1S/C10H23NO5S/c1-17-5-9(4-13)11(2-3-12)10(6-14,7-15)8-16/h9,12-16H,2-8H2,1H3. The van der Waals surface area contributed by atoms with Gasteiger partial charge in [-0.1, -0.05) is 0 Å². The third-order valence-electron chi connectivity index (χ3n) is 2.84. The number of thioether (sulfide) groups is 1. The Hall–Kier alpha value is 0.110. The SMILES string of the molecule is CSCC(CO)N(CCO)C(CO)(CO)CO. The van der Waals surface area contributed by atoms with Crippen molar-refractivity contribution in [1.29, 1.82) is 0 Å². The van der Waals surface area contributed by atoms with Gasteiger partial charge < -0.3 is 25.5 Å². The molecule has 7 heteroatoms. The van der Waals surface area contributed by atoms with Crippen molar-refractivity contribution in [3.8, 4) is 0 Å². The van der Waals surface area contributed by atoms with Crippen LogP contribution in [0.2, 0.25) is 0 Å². The van der Waals surface area contributed by atoms with Gasteiger partial charge in [0.2, 0.25) is 0 Å². The van der Waals surface area contributed by atoms with E-state index in [1.54, 1.807) is 4.90 Å². The molecule has 104 valence electrons. The van der Waals surface area contributed by atoms with E-state index in [1.807, 2.05) is 6.26 Å². The van der Waals surface area contributed by atoms with Crippen LogP contribution in [0, 0.1) is 0 Å². The number of aliphatic hydroxyl groups excluding tert-OH is 5. The number of nitrogens with zero attached hydrogens (tertiary/aromatic N) is 1. The first-order valence-corrected chi connectivity index (χ1v) is 6.85. The van der Waals surface area contributed by atoms with Crippen molar-refractivity contribution in [3.05, 3.63) is 0 Å². The van der Waals surface area contributed by atoms with Gasteiger partial charge in [-0.2, -0.15) is 11.8 Å². The molecule has 0 radical (unpaired) electrons. The van der Waals surface area contributed by atoms with Gasteiger partial charge in [-0.05, 0) is 6.26 Å². The predicted octanol–water partition coefficient (Wildman–Crippen LogP) is -2.28. The molecule has 0 rings (SSSR count). The molecule has 0 saturated heterocycles. The summed E-state index contributed by atoms with van der Waals surface area (Å²) in [6.45, 7) is -1.48. The van der Waals surface area contributed by atoms with Crippen LogP contribution < -0.4 is 0 Å². The molecule has 0 aliphatic carbocycles. The Morgan fingerprint density at radius 2 is 1.59 bits per heavy atom. The molecule has 6 nitrogen and oxygen atoms in total. The molecule has 0 amide bonds. The second-order valence-electron chi connectivity index (χ2n) is 3.91. The van der Waals surface area contributed by atoms with E-state index in [9.17, 15) is 20.4 Å². The van der Waals surface area contributed by atoms with E-state index < -0.39 is 25.4 Å². The topological polar surface area (TPSA) is 104 Å². The smallest absolute Gasteiger partial charge is 0.0910 e. The zero-order valence-electron chi connectivity index (χ0n) is 10.1. The first-order valence-electron chi connectivity index (χ1n) is 5.45. The van der Waals surface area contributed by atoms with Crippen molar-refractivity contribution in [2.45, 2.75) is 11.6 Å². The summed E-state index contributed by atoms with van der Waals surface area (Å²) in [7, 11) is 0. The monoisotopic (exact) mass is 269 g/mol. The van der Waals surface area contributed by atoms with Crippen LogP contribution in [0.25, 0.3) is 0 Å². The van der Waals surface area contributed by atoms with Gasteiger partial charge >= 0.3 is 0 Å². The average Bonchev–Trinajstić information content (AvgIpc) is 2.37. The Morgan fingerprint density at radius 1 is 1.06 bits per heavy atom. The van der Waals surface area contributed by atoms with Crippen molar-refractivity contribution in [2.24, 2.45) is 0 Å². The van der Waals surface area contributed by atoms with E-state index in [4.69, 9.17) is 5.11 Å². The van der Waals surface area contributed by atoms with Crippen LogP contribution in [0.4, 0.5) is 0 Å². The number of β-amino-alcohol motifs (C(OH)–C–C–N with tert-alkyl or cyclic N) is 1. The maximum atomic E-state index is 9.35. The summed E-state index contributed by atoms with van der Waals surface area (Å²) >= 11 is 1.51. The molecule has 0 bridgehead atoms. The first kappa shape index (κ1) is 17.1. The van der Waals surface area contributed by atoms with E-state index >= 15 is 0 Å². The Morgan fingerprint density at radius 3 is 1.88 bits per heavy atom. The third-order valence-corrected chi connectivity index (χ3v) is 3.56. The molecule has 1 atom stereocenters. The zero-order valence-corrected chi connectivity index (χ0v) is 10.9. The molecule has 5 N–H and O–H groups in total. The quantitative estimate of drug-likeness (QED) is 0.304. The fourth-order valence-corrected chi connectivity index (χ4v) is 2.44. The van der Waals surface area contributed by atoms with Crippen LogP contribution in [0.1, 0.15) is 0 Å². The minimum Gasteiger partial charge on any atom is -0.395 e. The van der Waals surface area contributed by atoms with Crippen molar-refractivity contribution < 1.29 is 25.5 Å². The van der Waals surface area contributed by atoms with Gasteiger partial charge in [0.1, 0.15) is 0 Å². The summed E-state index contributed by atoms with van der Waals surface area (Å²) in [5.74, 6) is 0.582. The zero-order chi connectivity index (χ0) is 13.3. The van der Waals surface area contributed by atoms with Crippen molar-refractivity contribution >= 4 is 11.8 Å². The van der Waals surface area contributed by atoms with Crippen LogP contribution in [0.3, 0.4) is 0 Å². The van der Waals surface area contributed by atoms with E-state index in [1.165, 1.54) is 11.8 Å². The molecule has 17 heavy (non-hydrogen) atoms. The summed E-state index contributed by atoms with van der Waals surface area (Å²) in [4.78, 5) is 1.57. The molecule has 0 aromatic rings. The molecule has 0 aliphatic rings. The van der Waals surface area contributed by atoms with Crippen LogP contribution in [0.15, 0.2) is 0 Å². The van der Waals surface area contributed by atoms with Crippen LogP contribution in [0.5, 0.6) is 0 Å². The highest BCUT2D eigenvalue weighted by atomic mass is 32.2. The fraction of sp³-hybridized carbons (Fsp3) is 1.00. The second kappa shape index (κ2) is 9.09. The van der Waals surface area contributed by atoms with Gasteiger partial charge in [0.15, 0.2) is 0 Å². The van der Waals surface area contributed by atoms with Crippen LogP contribution in [-0.4, -0.2) is 93.6 Å². The van der Waals surface area contributed by atoms with Gasteiger partial charge in [-0.3, -0.25) is 4.90 Å². The largest absolute Gasteiger partial charge is 0.395 e. The molecule has 0 fully saturated rings.